The first-order valence-electron chi connectivity index (χ1n) is 7.27. The van der Waals surface area contributed by atoms with Gasteiger partial charge in [0, 0.05) is 19.6 Å². The van der Waals surface area contributed by atoms with Gasteiger partial charge in [-0.15, -0.1) is 11.3 Å². The Morgan fingerprint density at radius 2 is 2.38 bits per heavy atom. The Labute approximate surface area is 129 Å². The Bertz CT molecular complexity index is 537. The second-order valence-corrected chi connectivity index (χ2v) is 6.22. The van der Waals surface area contributed by atoms with Crippen molar-refractivity contribution in [1.29, 1.82) is 0 Å². The van der Waals surface area contributed by atoms with Crippen LogP contribution in [0.2, 0.25) is 0 Å². The third-order valence-electron chi connectivity index (χ3n) is 3.16. The van der Waals surface area contributed by atoms with Gasteiger partial charge in [-0.2, -0.15) is 0 Å². The van der Waals surface area contributed by atoms with Gasteiger partial charge in [-0.25, -0.2) is 0 Å². The molecule has 0 saturated heterocycles. The Kier molecular flexibility index (Phi) is 6.24. The number of carbonyl (C=O) groups excluding carboxylic acids is 1. The van der Waals surface area contributed by atoms with Crippen LogP contribution in [0.15, 0.2) is 6.07 Å². The fourth-order valence-electron chi connectivity index (χ4n) is 1.78. The molecule has 2 N–H and O–H groups in total. The lowest BCUT2D eigenvalue weighted by Crippen LogP contribution is -2.26. The Balaban J connectivity index is 1.76. The van der Waals surface area contributed by atoms with E-state index in [-0.39, 0.29) is 12.5 Å². The van der Waals surface area contributed by atoms with Crippen LogP contribution in [-0.2, 0) is 4.74 Å². The molecule has 0 unspecified atom stereocenters. The SMILES string of the molecule is Cc1cc(C(=O)NCCOCC2CC2)sc1C#CCCO. The first-order valence-corrected chi connectivity index (χ1v) is 8.08. The summed E-state index contributed by atoms with van der Waals surface area (Å²) in [5.41, 5.74) is 1.00. The van der Waals surface area contributed by atoms with E-state index in [1.165, 1.54) is 24.2 Å². The van der Waals surface area contributed by atoms with Gasteiger partial charge in [0.2, 0.25) is 0 Å². The summed E-state index contributed by atoms with van der Waals surface area (Å²) in [6, 6.07) is 1.86. The third-order valence-corrected chi connectivity index (χ3v) is 4.31. The molecule has 0 radical (unpaired) electrons. The molecule has 114 valence electrons. The van der Waals surface area contributed by atoms with Crippen LogP contribution in [0.1, 0.15) is 39.4 Å². The number of hydrogen-bond acceptors (Lipinski definition) is 4. The highest BCUT2D eigenvalue weighted by atomic mass is 32.1. The second kappa shape index (κ2) is 8.18. The highest BCUT2D eigenvalue weighted by molar-refractivity contribution is 7.14. The molecule has 1 heterocycles. The summed E-state index contributed by atoms with van der Waals surface area (Å²) >= 11 is 1.39. The van der Waals surface area contributed by atoms with Crippen LogP contribution in [0.4, 0.5) is 0 Å². The summed E-state index contributed by atoms with van der Waals surface area (Å²) in [7, 11) is 0. The number of hydrogen-bond donors (Lipinski definition) is 2. The predicted molar refractivity (Wildman–Crippen MR) is 83.5 cm³/mol. The van der Waals surface area contributed by atoms with E-state index in [0.717, 1.165) is 23.0 Å². The first-order chi connectivity index (χ1) is 10.2. The van der Waals surface area contributed by atoms with Crippen LogP contribution in [-0.4, -0.2) is 37.4 Å². The zero-order valence-corrected chi connectivity index (χ0v) is 13.1. The van der Waals surface area contributed by atoms with Crippen LogP contribution in [0, 0.1) is 24.7 Å². The highest BCUT2D eigenvalue weighted by Gasteiger charge is 2.20. The Hall–Kier alpha value is -1.35. The number of aliphatic hydroxyl groups excluding tert-OH is 1. The maximum absolute atomic E-state index is 12.0. The summed E-state index contributed by atoms with van der Waals surface area (Å²) in [4.78, 5) is 13.6. The lowest BCUT2D eigenvalue weighted by atomic mass is 10.2. The molecule has 5 heteroatoms. The molecule has 1 aliphatic carbocycles. The predicted octanol–water partition coefficient (Wildman–Crippen LogP) is 1.95. The molecule has 1 aromatic heterocycles. The number of ether oxygens (including phenoxy) is 1. The van der Waals surface area contributed by atoms with Gasteiger partial charge in [0.05, 0.1) is 23.0 Å². The van der Waals surface area contributed by atoms with Crippen molar-refractivity contribution in [3.63, 3.8) is 0 Å². The minimum absolute atomic E-state index is 0.0611. The zero-order chi connectivity index (χ0) is 15.1. The quantitative estimate of drug-likeness (QED) is 0.598. The summed E-state index contributed by atoms with van der Waals surface area (Å²) in [6.45, 7) is 3.92. The fraction of sp³-hybridized carbons (Fsp3) is 0.562. The van der Waals surface area contributed by atoms with Crippen LogP contribution < -0.4 is 5.32 Å². The standard InChI is InChI=1S/C16H21NO3S/c1-12-10-15(21-14(12)4-2-3-8-18)16(19)17-7-9-20-11-13-5-6-13/h10,13,18H,3,5-9,11H2,1H3,(H,17,19). The van der Waals surface area contributed by atoms with Gasteiger partial charge in [-0.3, -0.25) is 4.79 Å². The lowest BCUT2D eigenvalue weighted by molar-refractivity contribution is 0.0910. The minimum atomic E-state index is -0.0756. The molecule has 1 amide bonds. The molecular weight excluding hydrogens is 286 g/mol. The van der Waals surface area contributed by atoms with Gasteiger partial charge < -0.3 is 15.2 Å². The van der Waals surface area contributed by atoms with E-state index in [1.54, 1.807) is 0 Å². The number of rotatable bonds is 7. The first kappa shape index (κ1) is 16.0. The van der Waals surface area contributed by atoms with Crippen molar-refractivity contribution in [3.05, 3.63) is 21.4 Å². The summed E-state index contributed by atoms with van der Waals surface area (Å²) in [5.74, 6) is 6.54. The van der Waals surface area contributed by atoms with Crippen molar-refractivity contribution in [3.8, 4) is 11.8 Å². The monoisotopic (exact) mass is 307 g/mol. The molecule has 0 spiro atoms. The van der Waals surface area contributed by atoms with E-state index >= 15 is 0 Å². The molecule has 0 atom stereocenters. The van der Waals surface area contributed by atoms with Crippen molar-refractivity contribution in [1.82, 2.24) is 5.32 Å². The van der Waals surface area contributed by atoms with Crippen molar-refractivity contribution >= 4 is 17.2 Å². The van der Waals surface area contributed by atoms with Gasteiger partial charge in [-0.1, -0.05) is 11.8 Å². The maximum Gasteiger partial charge on any atom is 0.261 e. The maximum atomic E-state index is 12.0. The van der Waals surface area contributed by atoms with Crippen molar-refractivity contribution < 1.29 is 14.6 Å². The highest BCUT2D eigenvalue weighted by Crippen LogP contribution is 2.28. The molecule has 1 aliphatic rings. The van der Waals surface area contributed by atoms with E-state index in [4.69, 9.17) is 9.84 Å². The van der Waals surface area contributed by atoms with E-state index in [2.05, 4.69) is 17.2 Å². The van der Waals surface area contributed by atoms with Crippen molar-refractivity contribution in [2.45, 2.75) is 26.2 Å². The van der Waals surface area contributed by atoms with E-state index in [9.17, 15) is 4.79 Å². The van der Waals surface area contributed by atoms with Crippen LogP contribution in [0.5, 0.6) is 0 Å². The molecule has 0 aromatic carbocycles. The number of aliphatic hydroxyl groups is 1. The Morgan fingerprint density at radius 1 is 1.57 bits per heavy atom. The molecule has 21 heavy (non-hydrogen) atoms. The summed E-state index contributed by atoms with van der Waals surface area (Å²) in [6.07, 6.45) is 3.01. The number of nitrogens with one attached hydrogen (secondary N) is 1. The van der Waals surface area contributed by atoms with Crippen molar-refractivity contribution in [2.24, 2.45) is 5.92 Å². The minimum Gasteiger partial charge on any atom is -0.395 e. The topological polar surface area (TPSA) is 58.6 Å². The number of carbonyl (C=O) groups is 1. The van der Waals surface area contributed by atoms with Gasteiger partial charge in [0.25, 0.3) is 5.91 Å². The van der Waals surface area contributed by atoms with Gasteiger partial charge >= 0.3 is 0 Å². The largest absolute Gasteiger partial charge is 0.395 e. The van der Waals surface area contributed by atoms with E-state index in [0.29, 0.717) is 24.4 Å². The number of thiophene rings is 1. The second-order valence-electron chi connectivity index (χ2n) is 5.17. The molecule has 1 saturated carbocycles. The van der Waals surface area contributed by atoms with Crippen LogP contribution in [0.25, 0.3) is 0 Å². The molecule has 2 rings (SSSR count). The van der Waals surface area contributed by atoms with Crippen LogP contribution in [0.3, 0.4) is 0 Å². The average Bonchev–Trinajstić information content (AvgIpc) is 3.22. The normalized spacial score (nSPS) is 13.6. The molecule has 1 aromatic rings. The van der Waals surface area contributed by atoms with Crippen LogP contribution >= 0.6 is 11.3 Å². The molecule has 1 fully saturated rings. The number of amides is 1. The Morgan fingerprint density at radius 3 is 3.10 bits per heavy atom. The molecule has 0 aliphatic heterocycles. The van der Waals surface area contributed by atoms with Gasteiger partial charge in [-0.05, 0) is 37.3 Å². The van der Waals surface area contributed by atoms with Gasteiger partial charge in [0.1, 0.15) is 0 Å². The zero-order valence-electron chi connectivity index (χ0n) is 12.3. The molecule has 0 bridgehead atoms. The lowest BCUT2D eigenvalue weighted by Gasteiger charge is -2.04. The molecule has 4 nitrogen and oxygen atoms in total. The molecular formula is C16H21NO3S. The smallest absolute Gasteiger partial charge is 0.261 e. The third kappa shape index (κ3) is 5.50. The summed E-state index contributed by atoms with van der Waals surface area (Å²) in [5, 5.41) is 11.6. The van der Waals surface area contributed by atoms with Gasteiger partial charge in [0.15, 0.2) is 0 Å². The van der Waals surface area contributed by atoms with E-state index in [1.807, 2.05) is 13.0 Å². The fourth-order valence-corrected chi connectivity index (χ4v) is 2.74. The summed E-state index contributed by atoms with van der Waals surface area (Å²) < 4.78 is 5.48. The van der Waals surface area contributed by atoms with Crippen molar-refractivity contribution in [2.75, 3.05) is 26.4 Å². The van der Waals surface area contributed by atoms with E-state index < -0.39 is 0 Å². The number of aryl methyl sites for hydroxylation is 1. The average molecular weight is 307 g/mol.